The molecular weight excluding hydrogens is 252 g/mol. The Morgan fingerprint density at radius 3 is 2.39 bits per heavy atom. The highest BCUT2D eigenvalue weighted by Gasteiger charge is 2.28. The third-order valence-electron chi connectivity index (χ3n) is 3.45. The van der Waals surface area contributed by atoms with Gasteiger partial charge in [-0.2, -0.15) is 8.42 Å². The van der Waals surface area contributed by atoms with Crippen LogP contribution in [0.1, 0.15) is 24.3 Å². The lowest BCUT2D eigenvalue weighted by molar-refractivity contribution is 0.0597. The molecule has 0 saturated carbocycles. The van der Waals surface area contributed by atoms with Crippen LogP contribution in [0.3, 0.4) is 0 Å². The Hall–Kier alpha value is -0.910. The third-order valence-corrected chi connectivity index (χ3v) is 4.23. The molecule has 0 bridgehead atoms. The highest BCUT2D eigenvalue weighted by Crippen LogP contribution is 2.33. The van der Waals surface area contributed by atoms with E-state index in [2.05, 4.69) is 0 Å². The van der Waals surface area contributed by atoms with Crippen LogP contribution in [0.5, 0.6) is 0 Å². The van der Waals surface area contributed by atoms with Crippen molar-refractivity contribution < 1.29 is 17.7 Å². The minimum Gasteiger partial charge on any atom is -0.381 e. The molecule has 5 heteroatoms. The van der Waals surface area contributed by atoms with E-state index in [1.54, 1.807) is 0 Å². The largest absolute Gasteiger partial charge is 0.381 e. The lowest BCUT2D eigenvalue weighted by Gasteiger charge is -2.29. The summed E-state index contributed by atoms with van der Waals surface area (Å²) < 4.78 is 36.8. The van der Waals surface area contributed by atoms with Gasteiger partial charge in [0.2, 0.25) is 0 Å². The normalized spacial score (nSPS) is 19.6. The molecule has 2 rings (SSSR count). The molecule has 0 aliphatic carbocycles. The monoisotopic (exact) mass is 270 g/mol. The lowest BCUT2D eigenvalue weighted by Crippen LogP contribution is -2.27. The minimum atomic E-state index is -3.96. The molecule has 1 saturated heterocycles. The van der Waals surface area contributed by atoms with Crippen molar-refractivity contribution >= 4 is 10.1 Å². The van der Waals surface area contributed by atoms with Gasteiger partial charge in [-0.15, -0.1) is 0 Å². The van der Waals surface area contributed by atoms with Crippen molar-refractivity contribution in [2.75, 3.05) is 19.0 Å². The number of ether oxygens (including phenoxy) is 1. The maximum absolute atomic E-state index is 11.2. The van der Waals surface area contributed by atoms with Gasteiger partial charge in [0.1, 0.15) is 0 Å². The Bertz CT molecular complexity index is 463. The Balaban J connectivity index is 2.22. The van der Waals surface area contributed by atoms with E-state index in [1.165, 1.54) is 0 Å². The summed E-state index contributed by atoms with van der Waals surface area (Å²) in [6, 6.07) is 9.53. The summed E-state index contributed by atoms with van der Waals surface area (Å²) in [7, 11) is -3.96. The SMILES string of the molecule is O=S(=O)(O)CC(c1ccccc1)C1CCOCC1. The Kier molecular flexibility index (Phi) is 4.37. The van der Waals surface area contributed by atoms with Gasteiger partial charge in [0.05, 0.1) is 5.75 Å². The second kappa shape index (κ2) is 5.82. The van der Waals surface area contributed by atoms with Gasteiger partial charge in [-0.1, -0.05) is 30.3 Å². The molecule has 0 aromatic heterocycles. The lowest BCUT2D eigenvalue weighted by atomic mass is 9.82. The summed E-state index contributed by atoms with van der Waals surface area (Å²) in [5.41, 5.74) is 0.974. The summed E-state index contributed by atoms with van der Waals surface area (Å²) in [5, 5.41) is 0. The maximum Gasteiger partial charge on any atom is 0.265 e. The predicted octanol–water partition coefficient (Wildman–Crippen LogP) is 2.08. The van der Waals surface area contributed by atoms with Crippen molar-refractivity contribution in [3.63, 3.8) is 0 Å². The van der Waals surface area contributed by atoms with Crippen LogP contribution in [0.25, 0.3) is 0 Å². The first-order chi connectivity index (χ1) is 8.56. The summed E-state index contributed by atoms with van der Waals surface area (Å²) in [5.74, 6) is -0.102. The Labute approximate surface area is 108 Å². The molecule has 0 amide bonds. The van der Waals surface area contributed by atoms with Gasteiger partial charge in [-0.05, 0) is 24.3 Å². The van der Waals surface area contributed by atoms with E-state index in [0.29, 0.717) is 13.2 Å². The zero-order valence-electron chi connectivity index (χ0n) is 10.2. The molecule has 1 fully saturated rings. The van der Waals surface area contributed by atoms with Crippen molar-refractivity contribution in [2.45, 2.75) is 18.8 Å². The summed E-state index contributed by atoms with van der Waals surface area (Å²) in [6.07, 6.45) is 1.68. The number of rotatable bonds is 4. The quantitative estimate of drug-likeness (QED) is 0.851. The molecule has 1 N–H and O–H groups in total. The van der Waals surface area contributed by atoms with Crippen LogP contribution in [0.15, 0.2) is 30.3 Å². The van der Waals surface area contributed by atoms with E-state index >= 15 is 0 Å². The molecule has 100 valence electrons. The molecular formula is C13H18O4S. The smallest absolute Gasteiger partial charge is 0.265 e. The molecule has 1 aliphatic rings. The van der Waals surface area contributed by atoms with Crippen molar-refractivity contribution in [2.24, 2.45) is 5.92 Å². The molecule has 1 aromatic carbocycles. The van der Waals surface area contributed by atoms with Crippen LogP contribution in [0.4, 0.5) is 0 Å². The number of benzene rings is 1. The molecule has 1 heterocycles. The van der Waals surface area contributed by atoms with E-state index in [-0.39, 0.29) is 17.6 Å². The van der Waals surface area contributed by atoms with Crippen LogP contribution in [0.2, 0.25) is 0 Å². The fourth-order valence-electron chi connectivity index (χ4n) is 2.55. The third kappa shape index (κ3) is 3.80. The van der Waals surface area contributed by atoms with Gasteiger partial charge >= 0.3 is 0 Å². The first-order valence-corrected chi connectivity index (χ1v) is 7.75. The van der Waals surface area contributed by atoms with E-state index < -0.39 is 10.1 Å². The van der Waals surface area contributed by atoms with Crippen molar-refractivity contribution in [3.8, 4) is 0 Å². The average Bonchev–Trinajstić information content (AvgIpc) is 2.37. The fraction of sp³-hybridized carbons (Fsp3) is 0.538. The topological polar surface area (TPSA) is 63.6 Å². The zero-order chi connectivity index (χ0) is 13.0. The molecule has 1 unspecified atom stereocenters. The van der Waals surface area contributed by atoms with Crippen LogP contribution in [0, 0.1) is 5.92 Å². The van der Waals surface area contributed by atoms with E-state index in [1.807, 2.05) is 30.3 Å². The standard InChI is InChI=1S/C13H18O4S/c14-18(15,16)10-13(11-4-2-1-3-5-11)12-6-8-17-9-7-12/h1-5,12-13H,6-10H2,(H,14,15,16). The van der Waals surface area contributed by atoms with Gasteiger partial charge in [0.25, 0.3) is 10.1 Å². The predicted molar refractivity (Wildman–Crippen MR) is 69.1 cm³/mol. The van der Waals surface area contributed by atoms with Crippen molar-refractivity contribution in [1.82, 2.24) is 0 Å². The second-order valence-electron chi connectivity index (χ2n) is 4.72. The first-order valence-electron chi connectivity index (χ1n) is 6.14. The van der Waals surface area contributed by atoms with E-state index in [0.717, 1.165) is 18.4 Å². The van der Waals surface area contributed by atoms with Gasteiger partial charge < -0.3 is 4.74 Å². The summed E-state index contributed by atoms with van der Waals surface area (Å²) in [4.78, 5) is 0. The number of hydrogen-bond donors (Lipinski definition) is 1. The van der Waals surface area contributed by atoms with Crippen LogP contribution in [-0.4, -0.2) is 31.9 Å². The highest BCUT2D eigenvalue weighted by molar-refractivity contribution is 7.85. The molecule has 1 aromatic rings. The van der Waals surface area contributed by atoms with E-state index in [4.69, 9.17) is 9.29 Å². The van der Waals surface area contributed by atoms with E-state index in [9.17, 15) is 8.42 Å². The van der Waals surface area contributed by atoms with Crippen LogP contribution < -0.4 is 0 Å². The van der Waals surface area contributed by atoms with Gasteiger partial charge in [-0.25, -0.2) is 0 Å². The molecule has 0 radical (unpaired) electrons. The summed E-state index contributed by atoms with van der Waals surface area (Å²) in [6.45, 7) is 1.33. The van der Waals surface area contributed by atoms with Gasteiger partial charge in [-0.3, -0.25) is 4.55 Å². The van der Waals surface area contributed by atoms with Crippen LogP contribution in [-0.2, 0) is 14.9 Å². The molecule has 1 aliphatic heterocycles. The molecule has 1 atom stereocenters. The molecule has 0 spiro atoms. The van der Waals surface area contributed by atoms with Gasteiger partial charge in [0.15, 0.2) is 0 Å². The summed E-state index contributed by atoms with van der Waals surface area (Å²) >= 11 is 0. The number of hydrogen-bond acceptors (Lipinski definition) is 3. The van der Waals surface area contributed by atoms with Crippen LogP contribution >= 0.6 is 0 Å². The Morgan fingerprint density at radius 2 is 1.83 bits per heavy atom. The maximum atomic E-state index is 11.2. The zero-order valence-corrected chi connectivity index (χ0v) is 11.0. The van der Waals surface area contributed by atoms with Gasteiger partial charge in [0, 0.05) is 19.1 Å². The van der Waals surface area contributed by atoms with Crippen molar-refractivity contribution in [3.05, 3.63) is 35.9 Å². The fourth-order valence-corrected chi connectivity index (χ4v) is 3.47. The minimum absolute atomic E-state index is 0.148. The molecule has 18 heavy (non-hydrogen) atoms. The molecule has 4 nitrogen and oxygen atoms in total. The first kappa shape index (κ1) is 13.5. The van der Waals surface area contributed by atoms with Crippen molar-refractivity contribution in [1.29, 1.82) is 0 Å². The average molecular weight is 270 g/mol. The Morgan fingerprint density at radius 1 is 1.22 bits per heavy atom. The second-order valence-corrected chi connectivity index (χ2v) is 6.21. The highest BCUT2D eigenvalue weighted by atomic mass is 32.2.